The number of anilines is 1. The SMILES string of the molecule is CC(C)[C@H]1C(=O)N[C@H](CO)Cc2ccc(O[C@H](COC(=O)NC(C)(C)C)c3ccncn3)cc2N1C. The maximum Gasteiger partial charge on any atom is 0.407 e. The molecule has 36 heavy (non-hydrogen) atoms. The number of nitrogens with one attached hydrogen (secondary N) is 2. The molecule has 2 heterocycles. The Morgan fingerprint density at radius 3 is 2.67 bits per heavy atom. The second kappa shape index (κ2) is 11.6. The lowest BCUT2D eigenvalue weighted by Crippen LogP contribution is -2.54. The molecule has 0 radical (unpaired) electrons. The zero-order chi connectivity index (χ0) is 26.5. The molecule has 10 nitrogen and oxygen atoms in total. The van der Waals surface area contributed by atoms with Gasteiger partial charge in [-0.2, -0.15) is 0 Å². The summed E-state index contributed by atoms with van der Waals surface area (Å²) in [6.07, 6.45) is 2.27. The molecule has 0 unspecified atom stereocenters. The fourth-order valence-corrected chi connectivity index (χ4v) is 4.24. The summed E-state index contributed by atoms with van der Waals surface area (Å²) in [5.41, 5.74) is 1.95. The maximum atomic E-state index is 12.9. The summed E-state index contributed by atoms with van der Waals surface area (Å²) < 4.78 is 11.7. The fourth-order valence-electron chi connectivity index (χ4n) is 4.24. The van der Waals surface area contributed by atoms with Crippen molar-refractivity contribution in [2.45, 2.75) is 64.8 Å². The van der Waals surface area contributed by atoms with E-state index in [0.717, 1.165) is 11.3 Å². The first-order valence-electron chi connectivity index (χ1n) is 12.1. The molecule has 2 amide bonds. The number of amides is 2. The molecule has 0 bridgehead atoms. The highest BCUT2D eigenvalue weighted by Crippen LogP contribution is 2.33. The predicted molar refractivity (Wildman–Crippen MR) is 136 cm³/mol. The van der Waals surface area contributed by atoms with Crippen LogP contribution < -0.4 is 20.3 Å². The summed E-state index contributed by atoms with van der Waals surface area (Å²) in [5, 5.41) is 15.5. The molecule has 1 aliphatic heterocycles. The van der Waals surface area contributed by atoms with Crippen molar-refractivity contribution >= 4 is 17.7 Å². The summed E-state index contributed by atoms with van der Waals surface area (Å²) in [6.45, 7) is 9.37. The van der Waals surface area contributed by atoms with Gasteiger partial charge in [-0.3, -0.25) is 4.79 Å². The van der Waals surface area contributed by atoms with Crippen LogP contribution in [0.1, 0.15) is 52.0 Å². The van der Waals surface area contributed by atoms with Crippen molar-refractivity contribution in [3.05, 3.63) is 48.0 Å². The van der Waals surface area contributed by atoms with Gasteiger partial charge in [0.1, 0.15) is 24.7 Å². The van der Waals surface area contributed by atoms with E-state index in [2.05, 4.69) is 20.6 Å². The van der Waals surface area contributed by atoms with Crippen LogP contribution in [0.3, 0.4) is 0 Å². The molecule has 0 spiro atoms. The Bertz CT molecular complexity index is 1040. The van der Waals surface area contributed by atoms with E-state index >= 15 is 0 Å². The van der Waals surface area contributed by atoms with Gasteiger partial charge in [0.2, 0.25) is 5.91 Å². The number of benzene rings is 1. The van der Waals surface area contributed by atoms with E-state index in [4.69, 9.17) is 9.47 Å². The number of carbonyl (C=O) groups excluding carboxylic acids is 2. The third kappa shape index (κ3) is 7.07. The predicted octanol–water partition coefficient (Wildman–Crippen LogP) is 2.62. The Kier molecular flexibility index (Phi) is 8.73. The minimum absolute atomic E-state index is 0.0355. The van der Waals surface area contributed by atoms with Crippen LogP contribution in [0.25, 0.3) is 0 Å². The summed E-state index contributed by atoms with van der Waals surface area (Å²) in [4.78, 5) is 35.4. The molecule has 2 aromatic rings. The van der Waals surface area contributed by atoms with Gasteiger partial charge in [-0.15, -0.1) is 0 Å². The maximum absolute atomic E-state index is 12.9. The summed E-state index contributed by atoms with van der Waals surface area (Å²) in [5.74, 6) is 0.446. The second-order valence-corrected chi connectivity index (χ2v) is 10.4. The van der Waals surface area contributed by atoms with Crippen LogP contribution in [-0.4, -0.2) is 65.0 Å². The molecule has 0 saturated carbocycles. The van der Waals surface area contributed by atoms with Gasteiger partial charge in [-0.1, -0.05) is 19.9 Å². The van der Waals surface area contributed by atoms with E-state index in [1.165, 1.54) is 6.33 Å². The summed E-state index contributed by atoms with van der Waals surface area (Å²) >= 11 is 0. The molecule has 10 heteroatoms. The number of carbonyl (C=O) groups is 2. The number of alkyl carbamates (subject to hydrolysis) is 1. The molecule has 0 fully saturated rings. The fraction of sp³-hybridized carbons (Fsp3) is 0.538. The normalized spacial score (nSPS) is 19.0. The van der Waals surface area contributed by atoms with Crippen molar-refractivity contribution < 1.29 is 24.2 Å². The van der Waals surface area contributed by atoms with Crippen molar-refractivity contribution in [2.24, 2.45) is 5.92 Å². The van der Waals surface area contributed by atoms with Crippen molar-refractivity contribution in [3.8, 4) is 5.75 Å². The number of hydrogen-bond donors (Lipinski definition) is 3. The third-order valence-electron chi connectivity index (χ3n) is 5.84. The van der Waals surface area contributed by atoms with Gasteiger partial charge in [0, 0.05) is 30.5 Å². The zero-order valence-electron chi connectivity index (χ0n) is 21.8. The van der Waals surface area contributed by atoms with Gasteiger partial charge >= 0.3 is 6.09 Å². The lowest BCUT2D eigenvalue weighted by Gasteiger charge is -2.37. The van der Waals surface area contributed by atoms with Gasteiger partial charge in [0.05, 0.1) is 18.3 Å². The van der Waals surface area contributed by atoms with E-state index in [1.807, 2.05) is 64.8 Å². The first-order chi connectivity index (χ1) is 17.0. The molecule has 3 atom stereocenters. The van der Waals surface area contributed by atoms with Crippen LogP contribution in [0.2, 0.25) is 0 Å². The highest BCUT2D eigenvalue weighted by Gasteiger charge is 2.32. The molecule has 1 aromatic heterocycles. The van der Waals surface area contributed by atoms with Gasteiger partial charge in [-0.25, -0.2) is 14.8 Å². The average molecular weight is 500 g/mol. The van der Waals surface area contributed by atoms with Crippen LogP contribution in [0.15, 0.2) is 36.8 Å². The molecule has 1 aromatic carbocycles. The van der Waals surface area contributed by atoms with Gasteiger partial charge < -0.3 is 30.1 Å². The Hall–Kier alpha value is -3.40. The van der Waals surface area contributed by atoms with Crippen molar-refractivity contribution in [1.82, 2.24) is 20.6 Å². The van der Waals surface area contributed by atoms with E-state index in [0.29, 0.717) is 17.9 Å². The lowest BCUT2D eigenvalue weighted by molar-refractivity contribution is -0.124. The number of nitrogens with zero attached hydrogens (tertiary/aromatic N) is 3. The van der Waals surface area contributed by atoms with E-state index in [-0.39, 0.29) is 31.1 Å². The standard InChI is InChI=1S/C26H37N5O5/c1-16(2)23-24(33)29-18(13-32)11-17-7-8-19(12-21(17)31(23)6)36-22(20-9-10-27-15-28-20)14-35-25(34)30-26(3,4)5/h7-10,12,15-16,18,22-23,32H,11,13-14H2,1-6H3,(H,29,33)(H,30,34)/t18-,22+,23-/m0/s1. The molecular weight excluding hydrogens is 462 g/mol. The number of aromatic nitrogens is 2. The Balaban J connectivity index is 1.90. The topological polar surface area (TPSA) is 126 Å². The zero-order valence-corrected chi connectivity index (χ0v) is 21.8. The van der Waals surface area contributed by atoms with Gasteiger partial charge in [-0.05, 0) is 50.8 Å². The van der Waals surface area contributed by atoms with Crippen LogP contribution in [0.4, 0.5) is 10.5 Å². The molecule has 0 aliphatic carbocycles. The number of rotatable bonds is 7. The van der Waals surface area contributed by atoms with Crippen LogP contribution in [-0.2, 0) is 16.0 Å². The molecule has 3 rings (SSSR count). The number of aliphatic hydroxyl groups is 1. The molecule has 3 N–H and O–H groups in total. The van der Waals surface area contributed by atoms with E-state index in [1.54, 1.807) is 12.3 Å². The molecule has 0 saturated heterocycles. The van der Waals surface area contributed by atoms with E-state index in [9.17, 15) is 14.7 Å². The van der Waals surface area contributed by atoms with Gasteiger partial charge in [0.25, 0.3) is 0 Å². The number of aliphatic hydroxyl groups excluding tert-OH is 1. The smallest absolute Gasteiger partial charge is 0.407 e. The van der Waals surface area contributed by atoms with Crippen molar-refractivity contribution in [3.63, 3.8) is 0 Å². The monoisotopic (exact) mass is 499 g/mol. The Labute approximate surface area is 212 Å². The average Bonchev–Trinajstić information content (AvgIpc) is 2.80. The van der Waals surface area contributed by atoms with Crippen LogP contribution >= 0.6 is 0 Å². The largest absolute Gasteiger partial charge is 0.480 e. The second-order valence-electron chi connectivity index (χ2n) is 10.4. The molecular formula is C26H37N5O5. The lowest BCUT2D eigenvalue weighted by atomic mass is 9.95. The van der Waals surface area contributed by atoms with Crippen molar-refractivity contribution in [1.29, 1.82) is 0 Å². The van der Waals surface area contributed by atoms with Crippen molar-refractivity contribution in [2.75, 3.05) is 25.2 Å². The number of likely N-dealkylation sites (N-methyl/N-ethyl adjacent to an activating group) is 1. The minimum atomic E-state index is -0.676. The van der Waals surface area contributed by atoms with Crippen LogP contribution in [0, 0.1) is 5.92 Å². The number of ether oxygens (including phenoxy) is 2. The first kappa shape index (κ1) is 27.2. The minimum Gasteiger partial charge on any atom is -0.480 e. The molecule has 196 valence electrons. The highest BCUT2D eigenvalue weighted by molar-refractivity contribution is 5.86. The number of hydrogen-bond acceptors (Lipinski definition) is 8. The summed E-state index contributed by atoms with van der Waals surface area (Å²) in [6, 6.07) is 6.56. The van der Waals surface area contributed by atoms with E-state index < -0.39 is 23.8 Å². The molecule has 1 aliphatic rings. The quantitative estimate of drug-likeness (QED) is 0.531. The third-order valence-corrected chi connectivity index (χ3v) is 5.84. The first-order valence-corrected chi connectivity index (χ1v) is 12.1. The number of fused-ring (bicyclic) bond motifs is 1. The Morgan fingerprint density at radius 1 is 1.31 bits per heavy atom. The Morgan fingerprint density at radius 2 is 2.06 bits per heavy atom. The van der Waals surface area contributed by atoms with Crippen LogP contribution in [0.5, 0.6) is 5.75 Å². The summed E-state index contributed by atoms with van der Waals surface area (Å²) in [7, 11) is 1.88. The van der Waals surface area contributed by atoms with Gasteiger partial charge in [0.15, 0.2) is 6.10 Å². The highest BCUT2D eigenvalue weighted by atomic mass is 16.6.